The molecule has 0 aliphatic carbocycles. The number of ether oxygens (including phenoxy) is 2. The Hall–Kier alpha value is -0.900. The topological polar surface area (TPSA) is 44.5 Å². The first kappa shape index (κ1) is 13.2. The van der Waals surface area contributed by atoms with Gasteiger partial charge in [-0.05, 0) is 25.0 Å². The zero-order chi connectivity index (χ0) is 11.8. The summed E-state index contributed by atoms with van der Waals surface area (Å²) in [5, 5.41) is 0. The molecule has 0 atom stereocenters. The maximum Gasteiger partial charge on any atom is 0.0721 e. The summed E-state index contributed by atoms with van der Waals surface area (Å²) < 4.78 is 10.9. The molecule has 0 aliphatic rings. The van der Waals surface area contributed by atoms with Gasteiger partial charge in [0.15, 0.2) is 0 Å². The van der Waals surface area contributed by atoms with Crippen molar-refractivity contribution in [2.24, 2.45) is 5.73 Å². The SMILES string of the molecule is CC(C)OCCOCc1ccccc1CN. The minimum absolute atomic E-state index is 0.264. The second-order valence-electron chi connectivity index (χ2n) is 3.94. The summed E-state index contributed by atoms with van der Waals surface area (Å²) >= 11 is 0. The van der Waals surface area contributed by atoms with Crippen molar-refractivity contribution < 1.29 is 9.47 Å². The van der Waals surface area contributed by atoms with Crippen molar-refractivity contribution in [2.45, 2.75) is 33.1 Å². The van der Waals surface area contributed by atoms with Gasteiger partial charge < -0.3 is 15.2 Å². The monoisotopic (exact) mass is 223 g/mol. The van der Waals surface area contributed by atoms with Crippen molar-refractivity contribution in [3.8, 4) is 0 Å². The molecule has 0 aliphatic heterocycles. The first-order valence-electron chi connectivity index (χ1n) is 5.70. The second-order valence-corrected chi connectivity index (χ2v) is 3.94. The van der Waals surface area contributed by atoms with Crippen LogP contribution >= 0.6 is 0 Å². The molecule has 16 heavy (non-hydrogen) atoms. The van der Waals surface area contributed by atoms with Gasteiger partial charge in [0.2, 0.25) is 0 Å². The Morgan fingerprint density at radius 1 is 1.12 bits per heavy atom. The van der Waals surface area contributed by atoms with Crippen molar-refractivity contribution in [2.75, 3.05) is 13.2 Å². The maximum absolute atomic E-state index is 5.64. The van der Waals surface area contributed by atoms with E-state index in [9.17, 15) is 0 Å². The van der Waals surface area contributed by atoms with E-state index in [-0.39, 0.29) is 6.10 Å². The highest BCUT2D eigenvalue weighted by Gasteiger charge is 2.00. The van der Waals surface area contributed by atoms with Gasteiger partial charge >= 0.3 is 0 Å². The molecule has 0 saturated carbocycles. The van der Waals surface area contributed by atoms with Crippen LogP contribution in [0.1, 0.15) is 25.0 Å². The predicted octanol–water partition coefficient (Wildman–Crippen LogP) is 2.09. The quantitative estimate of drug-likeness (QED) is 0.720. The van der Waals surface area contributed by atoms with E-state index in [1.54, 1.807) is 0 Å². The summed E-state index contributed by atoms with van der Waals surface area (Å²) in [6, 6.07) is 8.07. The minimum atomic E-state index is 0.264. The first-order valence-corrected chi connectivity index (χ1v) is 5.70. The normalized spacial score (nSPS) is 11.0. The zero-order valence-corrected chi connectivity index (χ0v) is 10.1. The largest absolute Gasteiger partial charge is 0.376 e. The van der Waals surface area contributed by atoms with Crippen molar-refractivity contribution in [1.82, 2.24) is 0 Å². The standard InChI is InChI=1S/C13H21NO2/c1-11(2)16-8-7-15-10-13-6-4-3-5-12(13)9-14/h3-6,11H,7-10,14H2,1-2H3. The smallest absolute Gasteiger partial charge is 0.0721 e. The fourth-order valence-electron chi connectivity index (χ4n) is 1.42. The third-order valence-corrected chi connectivity index (χ3v) is 2.27. The zero-order valence-electron chi connectivity index (χ0n) is 10.1. The predicted molar refractivity (Wildman–Crippen MR) is 65.1 cm³/mol. The lowest BCUT2D eigenvalue weighted by molar-refractivity contribution is 0.0141. The van der Waals surface area contributed by atoms with E-state index < -0.39 is 0 Å². The highest BCUT2D eigenvalue weighted by molar-refractivity contribution is 5.26. The molecule has 3 nitrogen and oxygen atoms in total. The van der Waals surface area contributed by atoms with Crippen LogP contribution in [-0.4, -0.2) is 19.3 Å². The molecule has 0 fully saturated rings. The number of nitrogens with two attached hydrogens (primary N) is 1. The van der Waals surface area contributed by atoms with Gasteiger partial charge in [0.1, 0.15) is 0 Å². The van der Waals surface area contributed by atoms with Crippen LogP contribution in [0.25, 0.3) is 0 Å². The van der Waals surface area contributed by atoms with E-state index in [4.69, 9.17) is 15.2 Å². The maximum atomic E-state index is 5.64. The summed E-state index contributed by atoms with van der Waals surface area (Å²) in [5.74, 6) is 0. The van der Waals surface area contributed by atoms with E-state index in [0.29, 0.717) is 26.4 Å². The van der Waals surface area contributed by atoms with Crippen LogP contribution in [0.2, 0.25) is 0 Å². The molecule has 0 unspecified atom stereocenters. The van der Waals surface area contributed by atoms with E-state index in [0.717, 1.165) is 11.1 Å². The summed E-state index contributed by atoms with van der Waals surface area (Å²) in [4.78, 5) is 0. The molecule has 1 aromatic rings. The number of rotatable bonds is 7. The van der Waals surface area contributed by atoms with Crippen molar-refractivity contribution >= 4 is 0 Å². The molecule has 1 aromatic carbocycles. The van der Waals surface area contributed by atoms with Crippen LogP contribution in [0, 0.1) is 0 Å². The van der Waals surface area contributed by atoms with E-state index in [1.807, 2.05) is 38.1 Å². The number of benzene rings is 1. The molecule has 0 heterocycles. The van der Waals surface area contributed by atoms with Crippen LogP contribution in [0.3, 0.4) is 0 Å². The molecule has 0 saturated heterocycles. The minimum Gasteiger partial charge on any atom is -0.376 e. The Labute approximate surface area is 97.6 Å². The Morgan fingerprint density at radius 3 is 2.44 bits per heavy atom. The van der Waals surface area contributed by atoms with Crippen LogP contribution < -0.4 is 5.73 Å². The molecule has 2 N–H and O–H groups in total. The molecule has 90 valence electrons. The Morgan fingerprint density at radius 2 is 1.81 bits per heavy atom. The van der Waals surface area contributed by atoms with E-state index in [2.05, 4.69) is 0 Å². The highest BCUT2D eigenvalue weighted by Crippen LogP contribution is 2.08. The Kier molecular flexibility index (Phi) is 6.08. The molecular weight excluding hydrogens is 202 g/mol. The molecule has 0 bridgehead atoms. The Bertz CT molecular complexity index is 300. The van der Waals surface area contributed by atoms with Gasteiger partial charge in [-0.3, -0.25) is 0 Å². The molecule has 0 aromatic heterocycles. The van der Waals surface area contributed by atoms with Gasteiger partial charge in [0, 0.05) is 6.54 Å². The summed E-state index contributed by atoms with van der Waals surface area (Å²) in [5.41, 5.74) is 7.95. The van der Waals surface area contributed by atoms with Crippen LogP contribution in [0.5, 0.6) is 0 Å². The number of hydrogen-bond acceptors (Lipinski definition) is 3. The van der Waals surface area contributed by atoms with Crippen molar-refractivity contribution in [3.05, 3.63) is 35.4 Å². The van der Waals surface area contributed by atoms with Crippen molar-refractivity contribution in [3.63, 3.8) is 0 Å². The van der Waals surface area contributed by atoms with Gasteiger partial charge in [-0.15, -0.1) is 0 Å². The highest BCUT2D eigenvalue weighted by atomic mass is 16.5. The molecule has 0 spiro atoms. The molecule has 0 radical (unpaired) electrons. The van der Waals surface area contributed by atoms with Gasteiger partial charge in [-0.2, -0.15) is 0 Å². The molecule has 3 heteroatoms. The van der Waals surface area contributed by atoms with E-state index in [1.165, 1.54) is 0 Å². The van der Waals surface area contributed by atoms with Crippen LogP contribution in [0.15, 0.2) is 24.3 Å². The summed E-state index contributed by atoms with van der Waals surface area (Å²) in [6.45, 7) is 6.46. The first-order chi connectivity index (χ1) is 7.74. The third kappa shape index (κ3) is 4.75. The molecule has 0 amide bonds. The van der Waals surface area contributed by atoms with E-state index >= 15 is 0 Å². The fraction of sp³-hybridized carbons (Fsp3) is 0.538. The van der Waals surface area contributed by atoms with Crippen LogP contribution in [0.4, 0.5) is 0 Å². The van der Waals surface area contributed by atoms with Crippen LogP contribution in [-0.2, 0) is 22.6 Å². The second kappa shape index (κ2) is 7.39. The Balaban J connectivity index is 2.26. The average Bonchev–Trinajstić information content (AvgIpc) is 2.29. The summed E-state index contributed by atoms with van der Waals surface area (Å²) in [7, 11) is 0. The van der Waals surface area contributed by atoms with Gasteiger partial charge in [-0.25, -0.2) is 0 Å². The van der Waals surface area contributed by atoms with Gasteiger partial charge in [-0.1, -0.05) is 24.3 Å². The lowest BCUT2D eigenvalue weighted by Crippen LogP contribution is -2.10. The third-order valence-electron chi connectivity index (χ3n) is 2.27. The number of hydrogen-bond donors (Lipinski definition) is 1. The molecule has 1 rings (SSSR count). The fourth-order valence-corrected chi connectivity index (χ4v) is 1.42. The van der Waals surface area contributed by atoms with Crippen molar-refractivity contribution in [1.29, 1.82) is 0 Å². The molecular formula is C13H21NO2. The summed E-state index contributed by atoms with van der Waals surface area (Å²) in [6.07, 6.45) is 0.264. The lowest BCUT2D eigenvalue weighted by atomic mass is 10.1. The average molecular weight is 223 g/mol. The lowest BCUT2D eigenvalue weighted by Gasteiger charge is -2.10. The van der Waals surface area contributed by atoms with Gasteiger partial charge in [0.05, 0.1) is 25.9 Å². The van der Waals surface area contributed by atoms with Gasteiger partial charge in [0.25, 0.3) is 0 Å².